The van der Waals surface area contributed by atoms with Crippen LogP contribution in [-0.2, 0) is 7.05 Å². The molecule has 0 amide bonds. The third kappa shape index (κ3) is 2.72. The van der Waals surface area contributed by atoms with Crippen LogP contribution in [0, 0.1) is 0 Å². The number of fused-ring (bicyclic) bond motifs is 1. The molecular weight excluding hydrogens is 362 g/mol. The van der Waals surface area contributed by atoms with Crippen molar-refractivity contribution in [3.8, 4) is 33.2 Å². The number of tetrazole rings is 1. The van der Waals surface area contributed by atoms with E-state index >= 15 is 0 Å². The fourth-order valence-electron chi connectivity index (χ4n) is 2.90. The standard InChI is InChI=1S/C17H13N9S/c1-25-23-15(20-24-25)11-5-6-26-13(9-19-14(26)8-11)10-3-2-4-12(7-10)16-21-22-17(18)27-16/h2-9H,1H3,(H2,18,22). The molecule has 0 fully saturated rings. The van der Waals surface area contributed by atoms with Crippen LogP contribution in [-0.4, -0.2) is 39.8 Å². The number of anilines is 1. The second-order valence-corrected chi connectivity index (χ2v) is 6.92. The zero-order valence-corrected chi connectivity index (χ0v) is 15.0. The summed E-state index contributed by atoms with van der Waals surface area (Å²) in [5, 5.41) is 21.4. The van der Waals surface area contributed by atoms with Gasteiger partial charge in [-0.3, -0.25) is 4.40 Å². The number of nitrogens with two attached hydrogens (primary N) is 1. The molecule has 5 rings (SSSR count). The lowest BCUT2D eigenvalue weighted by Crippen LogP contribution is -1.92. The summed E-state index contributed by atoms with van der Waals surface area (Å²) >= 11 is 1.36. The average Bonchev–Trinajstić information content (AvgIpc) is 3.41. The summed E-state index contributed by atoms with van der Waals surface area (Å²) in [6, 6.07) is 12.0. The number of rotatable bonds is 3. The maximum Gasteiger partial charge on any atom is 0.205 e. The Labute approximate surface area is 157 Å². The van der Waals surface area contributed by atoms with E-state index in [1.54, 1.807) is 7.05 Å². The van der Waals surface area contributed by atoms with E-state index in [-0.39, 0.29) is 0 Å². The van der Waals surface area contributed by atoms with Gasteiger partial charge in [-0.2, -0.15) is 4.80 Å². The van der Waals surface area contributed by atoms with Crippen LogP contribution >= 0.6 is 11.3 Å². The van der Waals surface area contributed by atoms with Crippen LogP contribution in [0.5, 0.6) is 0 Å². The number of benzene rings is 1. The summed E-state index contributed by atoms with van der Waals surface area (Å²) in [5.74, 6) is 0.570. The first-order valence-electron chi connectivity index (χ1n) is 8.09. The monoisotopic (exact) mass is 375 g/mol. The molecule has 0 unspecified atom stereocenters. The van der Waals surface area contributed by atoms with Gasteiger partial charge >= 0.3 is 0 Å². The van der Waals surface area contributed by atoms with Gasteiger partial charge in [0.1, 0.15) is 10.7 Å². The SMILES string of the molecule is Cn1nnc(-c2ccn3c(-c4cccc(-c5nnc(N)s5)c4)cnc3c2)n1. The van der Waals surface area contributed by atoms with Crippen LogP contribution in [0.4, 0.5) is 5.13 Å². The summed E-state index contributed by atoms with van der Waals surface area (Å²) in [7, 11) is 1.74. The molecular formula is C17H13N9S. The van der Waals surface area contributed by atoms with Crippen LogP contribution in [0.3, 0.4) is 0 Å². The van der Waals surface area contributed by atoms with Crippen molar-refractivity contribution in [3.05, 3.63) is 48.8 Å². The highest BCUT2D eigenvalue weighted by atomic mass is 32.1. The number of pyridine rings is 1. The summed E-state index contributed by atoms with van der Waals surface area (Å²) < 4.78 is 2.02. The first kappa shape index (κ1) is 15.6. The van der Waals surface area contributed by atoms with E-state index in [2.05, 4.69) is 36.7 Å². The summed E-state index contributed by atoms with van der Waals surface area (Å²) in [6.07, 6.45) is 3.80. The van der Waals surface area contributed by atoms with Gasteiger partial charge in [-0.15, -0.1) is 20.4 Å². The molecule has 1 aromatic carbocycles. The minimum Gasteiger partial charge on any atom is -0.374 e. The van der Waals surface area contributed by atoms with E-state index in [0.717, 1.165) is 33.0 Å². The molecule has 5 aromatic rings. The van der Waals surface area contributed by atoms with Crippen molar-refractivity contribution in [2.24, 2.45) is 7.05 Å². The number of nitrogens with zero attached hydrogens (tertiary/aromatic N) is 8. The van der Waals surface area contributed by atoms with Crippen molar-refractivity contribution in [1.29, 1.82) is 0 Å². The highest BCUT2D eigenvalue weighted by Crippen LogP contribution is 2.30. The van der Waals surface area contributed by atoms with E-state index in [9.17, 15) is 0 Å². The van der Waals surface area contributed by atoms with E-state index in [4.69, 9.17) is 5.73 Å². The minimum absolute atomic E-state index is 0.454. The van der Waals surface area contributed by atoms with Crippen molar-refractivity contribution in [3.63, 3.8) is 0 Å². The molecule has 9 nitrogen and oxygen atoms in total. The van der Waals surface area contributed by atoms with Gasteiger partial charge in [0, 0.05) is 22.9 Å². The summed E-state index contributed by atoms with van der Waals surface area (Å²) in [5.41, 5.74) is 10.3. The first-order chi connectivity index (χ1) is 13.2. The lowest BCUT2D eigenvalue weighted by Gasteiger charge is -2.04. The van der Waals surface area contributed by atoms with Crippen molar-refractivity contribution >= 4 is 22.1 Å². The van der Waals surface area contributed by atoms with Crippen molar-refractivity contribution in [2.75, 3.05) is 5.73 Å². The maximum atomic E-state index is 5.70. The topological polar surface area (TPSA) is 113 Å². The largest absolute Gasteiger partial charge is 0.374 e. The summed E-state index contributed by atoms with van der Waals surface area (Å²) in [6.45, 7) is 0. The number of aromatic nitrogens is 8. The van der Waals surface area contributed by atoms with E-state index in [1.165, 1.54) is 16.1 Å². The molecule has 0 aliphatic carbocycles. The second-order valence-electron chi connectivity index (χ2n) is 5.92. The van der Waals surface area contributed by atoms with Gasteiger partial charge in [-0.05, 0) is 23.4 Å². The van der Waals surface area contributed by atoms with Gasteiger partial charge in [0.25, 0.3) is 0 Å². The van der Waals surface area contributed by atoms with Crippen molar-refractivity contribution < 1.29 is 0 Å². The van der Waals surface area contributed by atoms with Crippen LogP contribution < -0.4 is 5.73 Å². The van der Waals surface area contributed by atoms with Gasteiger partial charge in [0.2, 0.25) is 11.0 Å². The normalized spacial score (nSPS) is 11.3. The Hall–Kier alpha value is -3.66. The molecule has 132 valence electrons. The molecule has 27 heavy (non-hydrogen) atoms. The molecule has 10 heteroatoms. The Morgan fingerprint density at radius 3 is 2.67 bits per heavy atom. The van der Waals surface area contributed by atoms with Crippen LogP contribution in [0.2, 0.25) is 0 Å². The minimum atomic E-state index is 0.454. The summed E-state index contributed by atoms with van der Waals surface area (Å²) in [4.78, 5) is 5.96. The highest BCUT2D eigenvalue weighted by Gasteiger charge is 2.12. The number of nitrogen functional groups attached to an aromatic ring is 1. The lowest BCUT2D eigenvalue weighted by atomic mass is 10.1. The number of hydrogen-bond acceptors (Lipinski definition) is 8. The van der Waals surface area contributed by atoms with Gasteiger partial charge < -0.3 is 5.73 Å². The second kappa shape index (κ2) is 5.95. The molecule has 0 spiro atoms. The molecule has 0 aliphatic rings. The maximum absolute atomic E-state index is 5.70. The molecule has 0 saturated heterocycles. The third-order valence-electron chi connectivity index (χ3n) is 4.13. The fourth-order valence-corrected chi connectivity index (χ4v) is 3.50. The quantitative estimate of drug-likeness (QED) is 0.515. The average molecular weight is 375 g/mol. The Morgan fingerprint density at radius 1 is 1.00 bits per heavy atom. The smallest absolute Gasteiger partial charge is 0.205 e. The van der Waals surface area contributed by atoms with Gasteiger partial charge in [-0.1, -0.05) is 29.5 Å². The zero-order chi connectivity index (χ0) is 18.4. The fraction of sp³-hybridized carbons (Fsp3) is 0.0588. The Bertz CT molecular complexity index is 1270. The molecule has 0 atom stereocenters. The Kier molecular flexibility index (Phi) is 3.44. The van der Waals surface area contributed by atoms with Gasteiger partial charge in [0.15, 0.2) is 0 Å². The molecule has 0 saturated carbocycles. The number of aryl methyl sites for hydroxylation is 1. The molecule has 0 radical (unpaired) electrons. The van der Waals surface area contributed by atoms with Crippen molar-refractivity contribution in [1.82, 2.24) is 39.8 Å². The molecule has 4 aromatic heterocycles. The van der Waals surface area contributed by atoms with Crippen LogP contribution in [0.1, 0.15) is 0 Å². The van der Waals surface area contributed by atoms with E-state index in [0.29, 0.717) is 11.0 Å². The van der Waals surface area contributed by atoms with E-state index in [1.807, 2.05) is 47.1 Å². The zero-order valence-electron chi connectivity index (χ0n) is 14.2. The lowest BCUT2D eigenvalue weighted by molar-refractivity contribution is 0.630. The van der Waals surface area contributed by atoms with Crippen LogP contribution in [0.15, 0.2) is 48.8 Å². The Balaban J connectivity index is 1.57. The van der Waals surface area contributed by atoms with E-state index < -0.39 is 0 Å². The molecule has 0 bridgehead atoms. The van der Waals surface area contributed by atoms with Crippen LogP contribution in [0.25, 0.3) is 38.9 Å². The predicted octanol–water partition coefficient (Wildman–Crippen LogP) is 2.29. The van der Waals surface area contributed by atoms with Gasteiger partial charge in [0.05, 0.1) is 18.9 Å². The highest BCUT2D eigenvalue weighted by molar-refractivity contribution is 7.18. The molecule has 4 heterocycles. The van der Waals surface area contributed by atoms with Gasteiger partial charge in [-0.25, -0.2) is 4.98 Å². The third-order valence-corrected chi connectivity index (χ3v) is 4.93. The number of imidazole rings is 1. The Morgan fingerprint density at radius 2 is 1.89 bits per heavy atom. The predicted molar refractivity (Wildman–Crippen MR) is 102 cm³/mol. The first-order valence-corrected chi connectivity index (χ1v) is 8.90. The molecule has 2 N–H and O–H groups in total. The number of hydrogen-bond donors (Lipinski definition) is 1. The molecule has 0 aliphatic heterocycles. The van der Waals surface area contributed by atoms with Crippen molar-refractivity contribution in [2.45, 2.75) is 0 Å².